The van der Waals surface area contributed by atoms with E-state index in [-0.39, 0.29) is 10.7 Å². The number of ether oxygens (including phenoxy) is 1. The van der Waals surface area contributed by atoms with Gasteiger partial charge < -0.3 is 10.5 Å². The lowest BCUT2D eigenvalue weighted by Gasteiger charge is -2.11. The largest absolute Gasteiger partial charge is 0.496 e. The molecule has 0 saturated heterocycles. The maximum absolute atomic E-state index is 12.4. The summed E-state index contributed by atoms with van der Waals surface area (Å²) < 4.78 is 30.9. The van der Waals surface area contributed by atoms with Crippen molar-refractivity contribution in [3.63, 3.8) is 0 Å². The third-order valence-corrected chi connectivity index (χ3v) is 4.49. The number of rotatable bonds is 3. The van der Waals surface area contributed by atoms with Crippen molar-refractivity contribution in [2.75, 3.05) is 12.8 Å². The van der Waals surface area contributed by atoms with Crippen molar-refractivity contribution in [3.8, 4) is 5.75 Å². The van der Waals surface area contributed by atoms with Crippen molar-refractivity contribution in [2.24, 2.45) is 0 Å². The van der Waals surface area contributed by atoms with E-state index in [1.165, 1.54) is 12.3 Å². The zero-order valence-electron chi connectivity index (χ0n) is 10.9. The molecular formula is C12H15N3O3S. The highest BCUT2D eigenvalue weighted by atomic mass is 32.2. The first-order valence-electron chi connectivity index (χ1n) is 5.58. The lowest BCUT2D eigenvalue weighted by Crippen LogP contribution is -2.15. The summed E-state index contributed by atoms with van der Waals surface area (Å²) in [5, 5.41) is 3.75. The van der Waals surface area contributed by atoms with Crippen LogP contribution in [0.2, 0.25) is 0 Å². The Morgan fingerprint density at radius 2 is 1.95 bits per heavy atom. The van der Waals surface area contributed by atoms with Crippen LogP contribution < -0.4 is 10.5 Å². The van der Waals surface area contributed by atoms with Crippen LogP contribution in [0, 0.1) is 13.8 Å². The van der Waals surface area contributed by atoms with Crippen molar-refractivity contribution < 1.29 is 13.2 Å². The molecule has 102 valence electrons. The van der Waals surface area contributed by atoms with Gasteiger partial charge in [0.1, 0.15) is 11.6 Å². The van der Waals surface area contributed by atoms with Gasteiger partial charge in [-0.2, -0.15) is 12.5 Å². The highest BCUT2D eigenvalue weighted by molar-refractivity contribution is 7.89. The predicted octanol–water partition coefficient (Wildman–Crippen LogP) is 1.33. The van der Waals surface area contributed by atoms with Gasteiger partial charge in [-0.25, -0.2) is 0 Å². The standard InChI is InChI=1S/C12H15N3O3S/c1-8-7-11(9(2)6-10(8)18-3)19(16,17)15-5-4-12(13)14-15/h4-7H,1-3H3,(H2,13,14). The Morgan fingerprint density at radius 1 is 1.26 bits per heavy atom. The molecule has 0 spiro atoms. The number of aryl methyl sites for hydroxylation is 2. The molecule has 0 atom stereocenters. The molecule has 19 heavy (non-hydrogen) atoms. The molecule has 0 fully saturated rings. The van der Waals surface area contributed by atoms with Crippen molar-refractivity contribution in [2.45, 2.75) is 18.7 Å². The molecule has 0 bridgehead atoms. The Bertz CT molecular complexity index is 720. The molecule has 0 amide bonds. The van der Waals surface area contributed by atoms with Crippen LogP contribution in [0.3, 0.4) is 0 Å². The van der Waals surface area contributed by atoms with Crippen LogP contribution in [0.15, 0.2) is 29.3 Å². The molecule has 0 radical (unpaired) electrons. The zero-order chi connectivity index (χ0) is 14.2. The number of methoxy groups -OCH3 is 1. The van der Waals surface area contributed by atoms with Crippen LogP contribution >= 0.6 is 0 Å². The number of anilines is 1. The minimum atomic E-state index is -3.73. The summed E-state index contributed by atoms with van der Waals surface area (Å²) in [4.78, 5) is 0.189. The van der Waals surface area contributed by atoms with Crippen molar-refractivity contribution in [1.29, 1.82) is 0 Å². The minimum Gasteiger partial charge on any atom is -0.496 e. The second-order valence-corrected chi connectivity index (χ2v) is 5.97. The monoisotopic (exact) mass is 281 g/mol. The number of nitrogen functional groups attached to an aromatic ring is 1. The zero-order valence-corrected chi connectivity index (χ0v) is 11.7. The molecular weight excluding hydrogens is 266 g/mol. The first kappa shape index (κ1) is 13.4. The topological polar surface area (TPSA) is 87.2 Å². The fraction of sp³-hybridized carbons (Fsp3) is 0.250. The van der Waals surface area contributed by atoms with Gasteiger partial charge in [-0.3, -0.25) is 0 Å². The molecule has 0 aliphatic rings. The second-order valence-electron chi connectivity index (χ2n) is 4.21. The molecule has 0 aliphatic carbocycles. The van der Waals surface area contributed by atoms with E-state index in [1.807, 2.05) is 0 Å². The van der Waals surface area contributed by atoms with Crippen molar-refractivity contribution in [3.05, 3.63) is 35.5 Å². The SMILES string of the molecule is COc1cc(C)c(S(=O)(=O)n2ccc(N)n2)cc1C. The number of benzene rings is 1. The van der Waals surface area contributed by atoms with Crippen LogP contribution in [-0.4, -0.2) is 24.7 Å². The quantitative estimate of drug-likeness (QED) is 0.917. The molecule has 7 heteroatoms. The fourth-order valence-electron chi connectivity index (χ4n) is 1.82. The average molecular weight is 281 g/mol. The van der Waals surface area contributed by atoms with E-state index in [2.05, 4.69) is 5.10 Å². The Hall–Kier alpha value is -2.02. The lowest BCUT2D eigenvalue weighted by atomic mass is 10.1. The van der Waals surface area contributed by atoms with Gasteiger partial charge in [-0.1, -0.05) is 0 Å². The van der Waals surface area contributed by atoms with Gasteiger partial charge in [0.2, 0.25) is 0 Å². The van der Waals surface area contributed by atoms with E-state index in [1.54, 1.807) is 33.1 Å². The van der Waals surface area contributed by atoms with Crippen LogP contribution in [0.5, 0.6) is 5.75 Å². The Balaban J connectivity index is 2.62. The molecule has 6 nitrogen and oxygen atoms in total. The van der Waals surface area contributed by atoms with Crippen molar-refractivity contribution >= 4 is 15.8 Å². The molecule has 0 aliphatic heterocycles. The maximum atomic E-state index is 12.4. The first-order chi connectivity index (χ1) is 8.86. The van der Waals surface area contributed by atoms with Gasteiger partial charge in [0.05, 0.1) is 12.0 Å². The van der Waals surface area contributed by atoms with Crippen LogP contribution in [0.4, 0.5) is 5.82 Å². The summed E-state index contributed by atoms with van der Waals surface area (Å²) in [6, 6.07) is 4.69. The summed E-state index contributed by atoms with van der Waals surface area (Å²) in [6.07, 6.45) is 1.32. The summed E-state index contributed by atoms with van der Waals surface area (Å²) in [5.41, 5.74) is 6.79. The third-order valence-electron chi connectivity index (χ3n) is 2.80. The first-order valence-corrected chi connectivity index (χ1v) is 7.02. The highest BCUT2D eigenvalue weighted by Gasteiger charge is 2.21. The van der Waals surface area contributed by atoms with Crippen LogP contribution in [-0.2, 0) is 10.0 Å². The molecule has 2 N–H and O–H groups in total. The van der Waals surface area contributed by atoms with E-state index in [0.29, 0.717) is 11.3 Å². The summed E-state index contributed by atoms with van der Waals surface area (Å²) in [5.74, 6) is 0.808. The number of nitrogens with zero attached hydrogens (tertiary/aromatic N) is 2. The van der Waals surface area contributed by atoms with E-state index in [9.17, 15) is 8.42 Å². The van der Waals surface area contributed by atoms with E-state index >= 15 is 0 Å². The number of nitrogens with two attached hydrogens (primary N) is 1. The molecule has 0 saturated carbocycles. The lowest BCUT2D eigenvalue weighted by molar-refractivity contribution is 0.411. The number of aromatic nitrogens is 2. The van der Waals surface area contributed by atoms with E-state index in [4.69, 9.17) is 10.5 Å². The van der Waals surface area contributed by atoms with Gasteiger partial charge >= 0.3 is 0 Å². The molecule has 1 aromatic heterocycles. The third kappa shape index (κ3) is 2.28. The van der Waals surface area contributed by atoms with Gasteiger partial charge in [0.15, 0.2) is 0 Å². The number of hydrogen-bond donors (Lipinski definition) is 1. The summed E-state index contributed by atoms with van der Waals surface area (Å²) >= 11 is 0. The van der Waals surface area contributed by atoms with Gasteiger partial charge in [0, 0.05) is 12.3 Å². The Labute approximate surface area is 111 Å². The van der Waals surface area contributed by atoms with Crippen LogP contribution in [0.1, 0.15) is 11.1 Å². The normalized spacial score (nSPS) is 11.5. The summed E-state index contributed by atoms with van der Waals surface area (Å²) in [7, 11) is -2.18. The highest BCUT2D eigenvalue weighted by Crippen LogP contribution is 2.26. The molecule has 2 aromatic rings. The second kappa shape index (κ2) is 4.58. The van der Waals surface area contributed by atoms with Gasteiger partial charge in [0.25, 0.3) is 10.0 Å². The van der Waals surface area contributed by atoms with Gasteiger partial charge in [-0.15, -0.1) is 5.10 Å². The van der Waals surface area contributed by atoms with Crippen molar-refractivity contribution in [1.82, 2.24) is 9.19 Å². The fourth-order valence-corrected chi connectivity index (χ4v) is 3.23. The molecule has 2 rings (SSSR count). The maximum Gasteiger partial charge on any atom is 0.283 e. The smallest absolute Gasteiger partial charge is 0.283 e. The average Bonchev–Trinajstić information content (AvgIpc) is 2.79. The van der Waals surface area contributed by atoms with E-state index < -0.39 is 10.0 Å². The van der Waals surface area contributed by atoms with Crippen LogP contribution in [0.25, 0.3) is 0 Å². The van der Waals surface area contributed by atoms with Gasteiger partial charge in [-0.05, 0) is 37.1 Å². The molecule has 1 aromatic carbocycles. The minimum absolute atomic E-state index is 0.159. The van der Waals surface area contributed by atoms with E-state index in [0.717, 1.165) is 9.65 Å². The summed E-state index contributed by atoms with van der Waals surface area (Å²) in [6.45, 7) is 3.50. The molecule has 1 heterocycles. The predicted molar refractivity (Wildman–Crippen MR) is 71.7 cm³/mol. The Morgan fingerprint density at radius 3 is 2.47 bits per heavy atom. The Kier molecular flexibility index (Phi) is 3.23. The number of hydrogen-bond acceptors (Lipinski definition) is 5. The molecule has 0 unspecified atom stereocenters.